The second kappa shape index (κ2) is 3.86. The van der Waals surface area contributed by atoms with E-state index in [-0.39, 0.29) is 5.54 Å². The molecule has 0 saturated carbocycles. The van der Waals surface area contributed by atoms with Gasteiger partial charge in [0.05, 0.1) is 7.11 Å². The molecule has 0 amide bonds. The minimum Gasteiger partial charge on any atom is -0.497 e. The zero-order chi connectivity index (χ0) is 10.9. The van der Waals surface area contributed by atoms with Crippen LogP contribution < -0.4 is 10.1 Å². The molecule has 2 rings (SSSR count). The standard InChI is InChI=1S/C13H19NO/c1-10(2)13(7-8-14-13)11-5-4-6-12(9-11)15-3/h4-6,9-10,14H,7-8H2,1-3H3. The topological polar surface area (TPSA) is 21.3 Å². The number of hydrogen-bond donors (Lipinski definition) is 1. The van der Waals surface area contributed by atoms with Crippen LogP contribution in [0.1, 0.15) is 25.8 Å². The fourth-order valence-corrected chi connectivity index (χ4v) is 2.37. The summed E-state index contributed by atoms with van der Waals surface area (Å²) in [6.45, 7) is 5.66. The second-order valence-corrected chi connectivity index (χ2v) is 4.53. The summed E-state index contributed by atoms with van der Waals surface area (Å²) in [6, 6.07) is 8.40. The van der Waals surface area contributed by atoms with Gasteiger partial charge in [0, 0.05) is 5.54 Å². The molecule has 1 aromatic rings. The zero-order valence-electron chi connectivity index (χ0n) is 9.71. The molecule has 2 heteroatoms. The summed E-state index contributed by atoms with van der Waals surface area (Å²) in [4.78, 5) is 0. The van der Waals surface area contributed by atoms with Gasteiger partial charge in [0.1, 0.15) is 5.75 Å². The van der Waals surface area contributed by atoms with Crippen molar-refractivity contribution in [2.24, 2.45) is 5.92 Å². The highest BCUT2D eigenvalue weighted by Crippen LogP contribution is 2.39. The molecule has 0 bridgehead atoms. The number of methoxy groups -OCH3 is 1. The predicted molar refractivity (Wildman–Crippen MR) is 62.1 cm³/mol. The first-order valence-electron chi connectivity index (χ1n) is 5.58. The largest absolute Gasteiger partial charge is 0.497 e. The minimum atomic E-state index is 0.175. The van der Waals surface area contributed by atoms with Gasteiger partial charge < -0.3 is 10.1 Å². The molecular weight excluding hydrogens is 186 g/mol. The number of hydrogen-bond acceptors (Lipinski definition) is 2. The van der Waals surface area contributed by atoms with Gasteiger partial charge in [0.2, 0.25) is 0 Å². The lowest BCUT2D eigenvalue weighted by Crippen LogP contribution is -2.57. The Hall–Kier alpha value is -1.02. The van der Waals surface area contributed by atoms with Crippen LogP contribution in [0.2, 0.25) is 0 Å². The Kier molecular flexibility index (Phi) is 2.70. The van der Waals surface area contributed by atoms with Gasteiger partial charge in [-0.3, -0.25) is 0 Å². The van der Waals surface area contributed by atoms with E-state index in [2.05, 4.69) is 37.4 Å². The highest BCUT2D eigenvalue weighted by atomic mass is 16.5. The Morgan fingerprint density at radius 1 is 1.40 bits per heavy atom. The van der Waals surface area contributed by atoms with Gasteiger partial charge >= 0.3 is 0 Å². The Bertz CT molecular complexity index is 342. The average molecular weight is 205 g/mol. The SMILES string of the molecule is COc1cccc(C2(C(C)C)CCN2)c1. The van der Waals surface area contributed by atoms with Gasteiger partial charge in [-0.1, -0.05) is 26.0 Å². The molecule has 1 aromatic carbocycles. The van der Waals surface area contributed by atoms with E-state index in [1.165, 1.54) is 12.0 Å². The van der Waals surface area contributed by atoms with Crippen LogP contribution in [-0.2, 0) is 5.54 Å². The minimum absolute atomic E-state index is 0.175. The van der Waals surface area contributed by atoms with E-state index in [4.69, 9.17) is 4.74 Å². The third-order valence-corrected chi connectivity index (χ3v) is 3.53. The molecule has 1 aliphatic heterocycles. The maximum Gasteiger partial charge on any atom is 0.119 e. The van der Waals surface area contributed by atoms with Gasteiger partial charge in [-0.25, -0.2) is 0 Å². The molecule has 1 N–H and O–H groups in total. The predicted octanol–water partition coefficient (Wildman–Crippen LogP) is 2.54. The molecule has 0 radical (unpaired) electrons. The Labute approximate surface area is 91.6 Å². The lowest BCUT2D eigenvalue weighted by atomic mass is 9.72. The average Bonchev–Trinajstić information content (AvgIpc) is 2.16. The van der Waals surface area contributed by atoms with Crippen LogP contribution in [0.25, 0.3) is 0 Å². The van der Waals surface area contributed by atoms with Crippen LogP contribution in [-0.4, -0.2) is 13.7 Å². The third-order valence-electron chi connectivity index (χ3n) is 3.53. The molecule has 0 spiro atoms. The summed E-state index contributed by atoms with van der Waals surface area (Å²) < 4.78 is 5.27. The van der Waals surface area contributed by atoms with Crippen molar-refractivity contribution in [2.75, 3.05) is 13.7 Å². The van der Waals surface area contributed by atoms with E-state index in [0.717, 1.165) is 12.3 Å². The van der Waals surface area contributed by atoms with Crippen LogP contribution in [0.15, 0.2) is 24.3 Å². The van der Waals surface area contributed by atoms with Gasteiger partial charge in [-0.15, -0.1) is 0 Å². The van der Waals surface area contributed by atoms with E-state index in [1.807, 2.05) is 6.07 Å². The quantitative estimate of drug-likeness (QED) is 0.818. The summed E-state index contributed by atoms with van der Waals surface area (Å²) in [5.41, 5.74) is 1.53. The van der Waals surface area contributed by atoms with Crippen molar-refractivity contribution >= 4 is 0 Å². The molecule has 1 fully saturated rings. The summed E-state index contributed by atoms with van der Waals surface area (Å²) >= 11 is 0. The van der Waals surface area contributed by atoms with Crippen molar-refractivity contribution in [3.8, 4) is 5.75 Å². The van der Waals surface area contributed by atoms with Crippen LogP contribution in [0.3, 0.4) is 0 Å². The highest BCUT2D eigenvalue weighted by Gasteiger charge is 2.40. The Balaban J connectivity index is 2.34. The summed E-state index contributed by atoms with van der Waals surface area (Å²) in [5.74, 6) is 1.56. The first-order valence-corrected chi connectivity index (χ1v) is 5.58. The van der Waals surface area contributed by atoms with Crippen LogP contribution in [0, 0.1) is 5.92 Å². The summed E-state index contributed by atoms with van der Waals surface area (Å²) in [6.07, 6.45) is 1.22. The van der Waals surface area contributed by atoms with Crippen molar-refractivity contribution in [1.29, 1.82) is 0 Å². The maximum atomic E-state index is 5.27. The van der Waals surface area contributed by atoms with Crippen molar-refractivity contribution in [3.05, 3.63) is 29.8 Å². The molecule has 0 aliphatic carbocycles. The van der Waals surface area contributed by atoms with Crippen LogP contribution in [0.4, 0.5) is 0 Å². The summed E-state index contributed by atoms with van der Waals surface area (Å²) in [5, 5.41) is 3.57. The van der Waals surface area contributed by atoms with E-state index in [1.54, 1.807) is 7.11 Å². The highest BCUT2D eigenvalue weighted by molar-refractivity contribution is 5.35. The van der Waals surface area contributed by atoms with Gasteiger partial charge in [0.25, 0.3) is 0 Å². The fourth-order valence-electron chi connectivity index (χ4n) is 2.37. The second-order valence-electron chi connectivity index (χ2n) is 4.53. The maximum absolute atomic E-state index is 5.27. The molecule has 1 saturated heterocycles. The van der Waals surface area contributed by atoms with E-state index in [9.17, 15) is 0 Å². The normalized spacial score (nSPS) is 25.1. The molecule has 2 nitrogen and oxygen atoms in total. The van der Waals surface area contributed by atoms with E-state index in [0.29, 0.717) is 5.92 Å². The Morgan fingerprint density at radius 3 is 2.60 bits per heavy atom. The molecule has 0 aromatic heterocycles. The van der Waals surface area contributed by atoms with Crippen molar-refractivity contribution in [3.63, 3.8) is 0 Å². The lowest BCUT2D eigenvalue weighted by Gasteiger charge is -2.47. The van der Waals surface area contributed by atoms with Crippen molar-refractivity contribution in [2.45, 2.75) is 25.8 Å². The van der Waals surface area contributed by atoms with Gasteiger partial charge in [-0.2, -0.15) is 0 Å². The molecule has 15 heavy (non-hydrogen) atoms. The Morgan fingerprint density at radius 2 is 2.13 bits per heavy atom. The number of nitrogens with one attached hydrogen (secondary N) is 1. The monoisotopic (exact) mass is 205 g/mol. The van der Waals surface area contributed by atoms with Crippen LogP contribution in [0.5, 0.6) is 5.75 Å². The van der Waals surface area contributed by atoms with E-state index >= 15 is 0 Å². The molecule has 82 valence electrons. The fraction of sp³-hybridized carbons (Fsp3) is 0.538. The molecule has 1 aliphatic rings. The number of rotatable bonds is 3. The number of benzene rings is 1. The molecule has 1 unspecified atom stereocenters. The molecular formula is C13H19NO. The van der Waals surface area contributed by atoms with Crippen LogP contribution >= 0.6 is 0 Å². The van der Waals surface area contributed by atoms with Gasteiger partial charge in [0.15, 0.2) is 0 Å². The molecule has 1 heterocycles. The zero-order valence-corrected chi connectivity index (χ0v) is 9.71. The first-order chi connectivity index (χ1) is 7.19. The molecule has 1 atom stereocenters. The summed E-state index contributed by atoms with van der Waals surface area (Å²) in [7, 11) is 1.72. The third kappa shape index (κ3) is 1.63. The van der Waals surface area contributed by atoms with Crippen molar-refractivity contribution < 1.29 is 4.74 Å². The first kappa shape index (κ1) is 10.5. The van der Waals surface area contributed by atoms with Gasteiger partial charge in [-0.05, 0) is 36.6 Å². The smallest absolute Gasteiger partial charge is 0.119 e. The number of ether oxygens (including phenoxy) is 1. The lowest BCUT2D eigenvalue weighted by molar-refractivity contribution is 0.139. The van der Waals surface area contributed by atoms with Crippen molar-refractivity contribution in [1.82, 2.24) is 5.32 Å². The van der Waals surface area contributed by atoms with E-state index < -0.39 is 0 Å².